The van der Waals surface area contributed by atoms with Crippen LogP contribution in [0, 0.1) is 23.0 Å². The van der Waals surface area contributed by atoms with Gasteiger partial charge in [0, 0.05) is 32.2 Å². The van der Waals surface area contributed by atoms with E-state index < -0.39 is 17.2 Å². The van der Waals surface area contributed by atoms with Crippen molar-refractivity contribution < 1.29 is 13.5 Å². The molecular weight excluding hydrogens is 264 g/mol. The van der Waals surface area contributed by atoms with Gasteiger partial charge in [-0.3, -0.25) is 4.90 Å². The molecule has 2 fully saturated rings. The summed E-state index contributed by atoms with van der Waals surface area (Å²) in [6.45, 7) is 3.87. The van der Waals surface area contributed by atoms with Gasteiger partial charge >= 0.3 is 0 Å². The van der Waals surface area contributed by atoms with Gasteiger partial charge in [0.25, 0.3) is 0 Å². The number of hydrogen-bond donors (Lipinski definition) is 1. The van der Waals surface area contributed by atoms with Crippen LogP contribution in [0.5, 0.6) is 0 Å². The lowest BCUT2D eigenvalue weighted by atomic mass is 10.0. The Hall–Kier alpha value is -1.55. The van der Waals surface area contributed by atoms with Gasteiger partial charge in [0.1, 0.15) is 23.3 Å². The number of ether oxygens (including phenoxy) is 1. The van der Waals surface area contributed by atoms with Gasteiger partial charge in [-0.2, -0.15) is 5.26 Å². The fraction of sp³-hybridized carbons (Fsp3) is 0.500. The molecule has 6 heteroatoms. The van der Waals surface area contributed by atoms with Crippen LogP contribution in [-0.2, 0) is 4.74 Å². The Morgan fingerprint density at radius 2 is 2.10 bits per heavy atom. The molecule has 0 bridgehead atoms. The lowest BCUT2D eigenvalue weighted by Crippen LogP contribution is -2.57. The van der Waals surface area contributed by atoms with Gasteiger partial charge in [-0.05, 0) is 17.7 Å². The molecule has 0 saturated carbocycles. The molecular formula is C14H15F2N3O. The Labute approximate surface area is 115 Å². The zero-order valence-corrected chi connectivity index (χ0v) is 10.9. The lowest BCUT2D eigenvalue weighted by molar-refractivity contribution is -0.0719. The van der Waals surface area contributed by atoms with Crippen molar-refractivity contribution in [3.63, 3.8) is 0 Å². The minimum Gasteiger partial charge on any atom is -0.371 e. The molecule has 1 aromatic carbocycles. The van der Waals surface area contributed by atoms with E-state index in [4.69, 9.17) is 10.00 Å². The van der Waals surface area contributed by atoms with Crippen molar-refractivity contribution in [3.05, 3.63) is 34.9 Å². The van der Waals surface area contributed by atoms with Crippen molar-refractivity contribution in [2.24, 2.45) is 0 Å². The van der Waals surface area contributed by atoms with Crippen LogP contribution in [0.25, 0.3) is 0 Å². The van der Waals surface area contributed by atoms with Crippen molar-refractivity contribution in [3.8, 4) is 6.07 Å². The molecule has 2 aliphatic heterocycles. The molecule has 1 aromatic rings. The third-order valence-corrected chi connectivity index (χ3v) is 3.91. The second-order valence-electron chi connectivity index (χ2n) is 5.15. The van der Waals surface area contributed by atoms with Crippen LogP contribution in [0.2, 0.25) is 0 Å². The van der Waals surface area contributed by atoms with E-state index in [0.29, 0.717) is 24.8 Å². The maximum absolute atomic E-state index is 13.7. The number of piperazine rings is 1. The molecule has 20 heavy (non-hydrogen) atoms. The molecule has 0 aromatic heterocycles. The number of fused-ring (bicyclic) bond motifs is 1. The first kappa shape index (κ1) is 13.4. The van der Waals surface area contributed by atoms with E-state index in [9.17, 15) is 8.78 Å². The fourth-order valence-corrected chi connectivity index (χ4v) is 2.79. The van der Waals surface area contributed by atoms with Crippen molar-refractivity contribution >= 4 is 0 Å². The highest BCUT2D eigenvalue weighted by molar-refractivity contribution is 5.36. The van der Waals surface area contributed by atoms with Crippen molar-refractivity contribution in [2.45, 2.75) is 12.1 Å². The van der Waals surface area contributed by atoms with Crippen LogP contribution in [-0.4, -0.2) is 43.7 Å². The fourth-order valence-electron chi connectivity index (χ4n) is 2.79. The number of rotatable bonds is 1. The summed E-state index contributed by atoms with van der Waals surface area (Å²) < 4.78 is 33.0. The van der Waals surface area contributed by atoms with E-state index in [2.05, 4.69) is 10.2 Å². The van der Waals surface area contributed by atoms with Crippen LogP contribution in [0.1, 0.15) is 17.2 Å². The molecule has 0 aliphatic carbocycles. The number of nitriles is 1. The van der Waals surface area contributed by atoms with Crippen molar-refractivity contribution in [2.75, 3.05) is 32.8 Å². The van der Waals surface area contributed by atoms with E-state index in [0.717, 1.165) is 19.6 Å². The van der Waals surface area contributed by atoms with Crippen molar-refractivity contribution in [1.82, 2.24) is 10.2 Å². The predicted molar refractivity (Wildman–Crippen MR) is 68.0 cm³/mol. The first-order valence-electron chi connectivity index (χ1n) is 6.64. The Morgan fingerprint density at radius 1 is 1.35 bits per heavy atom. The molecule has 0 spiro atoms. The summed E-state index contributed by atoms with van der Waals surface area (Å²) in [6.07, 6.45) is -0.346. The molecule has 106 valence electrons. The Kier molecular flexibility index (Phi) is 3.66. The zero-order valence-electron chi connectivity index (χ0n) is 10.9. The molecule has 1 N–H and O–H groups in total. The molecule has 2 aliphatic rings. The number of hydrogen-bond acceptors (Lipinski definition) is 4. The average molecular weight is 279 g/mol. The lowest BCUT2D eigenvalue weighted by Gasteiger charge is -2.42. The van der Waals surface area contributed by atoms with Crippen LogP contribution < -0.4 is 5.32 Å². The highest BCUT2D eigenvalue weighted by Gasteiger charge is 2.32. The number of halogens is 2. The summed E-state index contributed by atoms with van der Waals surface area (Å²) in [7, 11) is 0. The van der Waals surface area contributed by atoms with Gasteiger partial charge in [-0.15, -0.1) is 0 Å². The second-order valence-corrected chi connectivity index (χ2v) is 5.15. The number of benzene rings is 1. The van der Waals surface area contributed by atoms with Crippen molar-refractivity contribution in [1.29, 1.82) is 5.26 Å². The van der Waals surface area contributed by atoms with E-state index in [1.54, 1.807) is 0 Å². The third-order valence-electron chi connectivity index (χ3n) is 3.91. The summed E-state index contributed by atoms with van der Waals surface area (Å²) in [6, 6.07) is 4.26. The highest BCUT2D eigenvalue weighted by atomic mass is 19.1. The minimum absolute atomic E-state index is 0.327. The number of nitrogens with one attached hydrogen (secondary N) is 1. The van der Waals surface area contributed by atoms with Crippen LogP contribution >= 0.6 is 0 Å². The maximum atomic E-state index is 13.7. The van der Waals surface area contributed by atoms with E-state index >= 15 is 0 Å². The Bertz CT molecular complexity index is 535. The average Bonchev–Trinajstić information content (AvgIpc) is 2.46. The first-order valence-corrected chi connectivity index (χ1v) is 6.64. The van der Waals surface area contributed by atoms with Gasteiger partial charge in [0.15, 0.2) is 0 Å². The summed E-state index contributed by atoms with van der Waals surface area (Å²) in [5.74, 6) is -1.65. The summed E-state index contributed by atoms with van der Waals surface area (Å²) in [4.78, 5) is 2.28. The Morgan fingerprint density at radius 3 is 2.80 bits per heavy atom. The van der Waals surface area contributed by atoms with Gasteiger partial charge in [-0.1, -0.05) is 0 Å². The smallest absolute Gasteiger partial charge is 0.144 e. The number of nitrogens with zero attached hydrogens (tertiary/aromatic N) is 2. The zero-order chi connectivity index (χ0) is 14.1. The molecule has 1 unspecified atom stereocenters. The van der Waals surface area contributed by atoms with Crippen LogP contribution in [0.4, 0.5) is 8.78 Å². The molecule has 2 atom stereocenters. The quantitative estimate of drug-likeness (QED) is 0.838. The molecule has 0 amide bonds. The van der Waals surface area contributed by atoms with Crippen LogP contribution in [0.15, 0.2) is 12.1 Å². The largest absolute Gasteiger partial charge is 0.371 e. The van der Waals surface area contributed by atoms with Gasteiger partial charge in [-0.25, -0.2) is 8.78 Å². The molecule has 3 rings (SSSR count). The molecule has 0 radical (unpaired) electrons. The molecule has 2 saturated heterocycles. The van der Waals surface area contributed by atoms with Gasteiger partial charge < -0.3 is 10.1 Å². The number of morpholine rings is 1. The normalized spacial score (nSPS) is 26.9. The summed E-state index contributed by atoms with van der Waals surface area (Å²) in [5, 5.41) is 12.0. The molecule has 2 heterocycles. The molecule has 4 nitrogen and oxygen atoms in total. The van der Waals surface area contributed by atoms with E-state index in [1.807, 2.05) is 0 Å². The topological polar surface area (TPSA) is 48.3 Å². The predicted octanol–water partition coefficient (Wildman–Crippen LogP) is 1.18. The van der Waals surface area contributed by atoms with Gasteiger partial charge in [0.2, 0.25) is 0 Å². The second kappa shape index (κ2) is 5.44. The van der Waals surface area contributed by atoms with Crippen LogP contribution in [0.3, 0.4) is 0 Å². The Balaban J connectivity index is 1.82. The first-order chi connectivity index (χ1) is 9.69. The maximum Gasteiger partial charge on any atom is 0.144 e. The summed E-state index contributed by atoms with van der Waals surface area (Å²) >= 11 is 0. The monoisotopic (exact) mass is 279 g/mol. The van der Waals surface area contributed by atoms with Gasteiger partial charge in [0.05, 0.1) is 12.7 Å². The van der Waals surface area contributed by atoms with E-state index in [-0.39, 0.29) is 6.10 Å². The summed E-state index contributed by atoms with van der Waals surface area (Å²) in [5.41, 5.74) is -0.0828. The minimum atomic E-state index is -0.825. The standard InChI is InChI=1S/C14H15F2N3O/c15-12-3-9(4-13(16)11(12)5-17)14-7-19-2-1-18-6-10(19)8-20-14/h3-4,10,14,18H,1-2,6-8H2/t10?,14-/m0/s1. The van der Waals surface area contributed by atoms with E-state index in [1.165, 1.54) is 18.2 Å². The highest BCUT2D eigenvalue weighted by Crippen LogP contribution is 2.27. The SMILES string of the molecule is N#Cc1c(F)cc([C@@H]2CN3CCNCC3CO2)cc1F. The third kappa shape index (κ3) is 2.40.